The fourth-order valence-corrected chi connectivity index (χ4v) is 4.75. The van der Waals surface area contributed by atoms with Gasteiger partial charge in [0.2, 0.25) is 5.91 Å². The number of aryl methyl sites for hydroxylation is 1. The van der Waals surface area contributed by atoms with Gasteiger partial charge >= 0.3 is 0 Å². The standard InChI is InChI=1S/C22H31N5O/c1-3-27-18(2)20(14-24-27)16-25-12-8-22(9-13-25)7-4-21(28)26(17-22)15-19-5-10-23-11-6-19/h5-6,10-11,14H,3-4,7-9,12-13,15-17H2,1-2H3. The highest BCUT2D eigenvalue weighted by molar-refractivity contribution is 5.77. The van der Waals surface area contributed by atoms with E-state index in [9.17, 15) is 4.79 Å². The number of pyridine rings is 1. The van der Waals surface area contributed by atoms with Gasteiger partial charge in [-0.15, -0.1) is 0 Å². The first kappa shape index (κ1) is 19.1. The lowest BCUT2D eigenvalue weighted by molar-refractivity contribution is -0.140. The monoisotopic (exact) mass is 381 g/mol. The highest BCUT2D eigenvalue weighted by atomic mass is 16.2. The number of carbonyl (C=O) groups is 1. The van der Waals surface area contributed by atoms with E-state index in [-0.39, 0.29) is 0 Å². The SMILES string of the molecule is CCn1ncc(CN2CCC3(CCC(=O)N(Cc4ccncc4)C3)CC2)c1C. The summed E-state index contributed by atoms with van der Waals surface area (Å²) in [5, 5.41) is 4.48. The summed E-state index contributed by atoms with van der Waals surface area (Å²) in [6.07, 6.45) is 9.72. The Labute approximate surface area is 167 Å². The molecular formula is C22H31N5O. The van der Waals surface area contributed by atoms with Crippen molar-refractivity contribution in [2.24, 2.45) is 5.41 Å². The van der Waals surface area contributed by atoms with Crippen LogP contribution in [0, 0.1) is 12.3 Å². The zero-order valence-corrected chi connectivity index (χ0v) is 17.1. The first-order valence-electron chi connectivity index (χ1n) is 10.5. The molecule has 0 bridgehead atoms. The van der Waals surface area contributed by atoms with Crippen LogP contribution in [-0.4, -0.2) is 50.1 Å². The fraction of sp³-hybridized carbons (Fsp3) is 0.591. The van der Waals surface area contributed by atoms with E-state index in [1.54, 1.807) is 12.4 Å². The number of hydrogen-bond acceptors (Lipinski definition) is 4. The smallest absolute Gasteiger partial charge is 0.222 e. The molecule has 2 saturated heterocycles. The van der Waals surface area contributed by atoms with Gasteiger partial charge in [-0.2, -0.15) is 5.10 Å². The van der Waals surface area contributed by atoms with Crippen molar-refractivity contribution in [2.45, 2.75) is 59.2 Å². The van der Waals surface area contributed by atoms with Gasteiger partial charge in [0.1, 0.15) is 0 Å². The molecule has 0 aromatic carbocycles. The molecule has 4 rings (SSSR count). The first-order valence-corrected chi connectivity index (χ1v) is 10.5. The Morgan fingerprint density at radius 1 is 1.11 bits per heavy atom. The zero-order chi connectivity index (χ0) is 19.6. The van der Waals surface area contributed by atoms with Gasteiger partial charge < -0.3 is 4.90 Å². The average Bonchev–Trinajstić information content (AvgIpc) is 3.07. The molecule has 150 valence electrons. The van der Waals surface area contributed by atoms with Crippen LogP contribution in [0.2, 0.25) is 0 Å². The zero-order valence-electron chi connectivity index (χ0n) is 17.1. The highest BCUT2D eigenvalue weighted by Crippen LogP contribution is 2.40. The quantitative estimate of drug-likeness (QED) is 0.799. The lowest BCUT2D eigenvalue weighted by Crippen LogP contribution is -2.51. The molecule has 0 saturated carbocycles. The molecule has 0 radical (unpaired) electrons. The Kier molecular flexibility index (Phi) is 5.49. The van der Waals surface area contributed by atoms with E-state index in [0.717, 1.165) is 39.1 Å². The van der Waals surface area contributed by atoms with Crippen molar-refractivity contribution in [1.29, 1.82) is 0 Å². The van der Waals surface area contributed by atoms with E-state index in [4.69, 9.17) is 0 Å². The minimum absolute atomic E-state index is 0.292. The predicted molar refractivity (Wildman–Crippen MR) is 108 cm³/mol. The van der Waals surface area contributed by atoms with E-state index in [0.29, 0.717) is 24.3 Å². The summed E-state index contributed by atoms with van der Waals surface area (Å²) in [4.78, 5) is 21.2. The first-order chi connectivity index (χ1) is 13.6. The van der Waals surface area contributed by atoms with Gasteiger partial charge in [0.25, 0.3) is 0 Å². The van der Waals surface area contributed by atoms with Crippen LogP contribution in [-0.2, 0) is 24.4 Å². The van der Waals surface area contributed by atoms with Crippen LogP contribution in [0.25, 0.3) is 0 Å². The average molecular weight is 382 g/mol. The minimum Gasteiger partial charge on any atom is -0.338 e. The number of rotatable bonds is 5. The van der Waals surface area contributed by atoms with Crippen LogP contribution in [0.1, 0.15) is 49.4 Å². The van der Waals surface area contributed by atoms with E-state index in [1.807, 2.05) is 18.3 Å². The summed E-state index contributed by atoms with van der Waals surface area (Å²) in [5.74, 6) is 0.299. The van der Waals surface area contributed by atoms with Gasteiger partial charge in [0.05, 0.1) is 6.20 Å². The topological polar surface area (TPSA) is 54.3 Å². The molecule has 28 heavy (non-hydrogen) atoms. The molecule has 0 aliphatic carbocycles. The van der Waals surface area contributed by atoms with Crippen molar-refractivity contribution in [3.63, 3.8) is 0 Å². The second-order valence-corrected chi connectivity index (χ2v) is 8.45. The van der Waals surface area contributed by atoms with Crippen molar-refractivity contribution in [3.8, 4) is 0 Å². The van der Waals surface area contributed by atoms with Crippen LogP contribution in [0.15, 0.2) is 30.7 Å². The Bertz CT molecular complexity index is 808. The van der Waals surface area contributed by atoms with Gasteiger partial charge in [-0.05, 0) is 69.3 Å². The molecule has 1 amide bonds. The molecule has 0 N–H and O–H groups in total. The number of hydrogen-bond donors (Lipinski definition) is 0. The second-order valence-electron chi connectivity index (χ2n) is 8.45. The predicted octanol–water partition coefficient (Wildman–Crippen LogP) is 3.01. The Morgan fingerprint density at radius 3 is 2.54 bits per heavy atom. The summed E-state index contributed by atoms with van der Waals surface area (Å²) < 4.78 is 2.07. The van der Waals surface area contributed by atoms with E-state index < -0.39 is 0 Å². The molecule has 2 aliphatic rings. The van der Waals surface area contributed by atoms with Crippen LogP contribution in [0.4, 0.5) is 0 Å². The van der Waals surface area contributed by atoms with Crippen molar-refractivity contribution in [3.05, 3.63) is 47.5 Å². The second kappa shape index (κ2) is 8.03. The molecule has 0 atom stereocenters. The number of likely N-dealkylation sites (tertiary alicyclic amines) is 2. The third-order valence-corrected chi connectivity index (χ3v) is 6.69. The van der Waals surface area contributed by atoms with E-state index in [1.165, 1.54) is 29.7 Å². The largest absolute Gasteiger partial charge is 0.338 e. The summed E-state index contributed by atoms with van der Waals surface area (Å²) in [7, 11) is 0. The summed E-state index contributed by atoms with van der Waals surface area (Å²) in [5.41, 5.74) is 4.09. The lowest BCUT2D eigenvalue weighted by atomic mass is 9.72. The molecule has 0 unspecified atom stereocenters. The van der Waals surface area contributed by atoms with Crippen LogP contribution in [0.3, 0.4) is 0 Å². The maximum Gasteiger partial charge on any atom is 0.222 e. The number of nitrogens with zero attached hydrogens (tertiary/aromatic N) is 5. The third kappa shape index (κ3) is 3.97. The number of aromatic nitrogens is 3. The summed E-state index contributed by atoms with van der Waals surface area (Å²) in [6, 6.07) is 4.02. The van der Waals surface area contributed by atoms with Crippen molar-refractivity contribution in [2.75, 3.05) is 19.6 Å². The van der Waals surface area contributed by atoms with E-state index >= 15 is 0 Å². The van der Waals surface area contributed by atoms with Gasteiger partial charge in [-0.25, -0.2) is 0 Å². The molecule has 4 heterocycles. The molecule has 6 heteroatoms. The van der Waals surface area contributed by atoms with Gasteiger partial charge in [-0.3, -0.25) is 19.4 Å². The molecule has 1 spiro atoms. The Hall–Kier alpha value is -2.21. The van der Waals surface area contributed by atoms with Crippen LogP contribution >= 0.6 is 0 Å². The lowest BCUT2D eigenvalue weighted by Gasteiger charge is -2.47. The maximum atomic E-state index is 12.5. The highest BCUT2D eigenvalue weighted by Gasteiger charge is 2.40. The molecule has 2 aromatic heterocycles. The summed E-state index contributed by atoms with van der Waals surface area (Å²) >= 11 is 0. The molecule has 2 aliphatic heterocycles. The molecule has 2 aromatic rings. The van der Waals surface area contributed by atoms with Gasteiger partial charge in [0.15, 0.2) is 0 Å². The van der Waals surface area contributed by atoms with Gasteiger partial charge in [-0.1, -0.05) is 0 Å². The molecule has 2 fully saturated rings. The Balaban J connectivity index is 1.36. The number of carbonyl (C=O) groups excluding carboxylic acids is 1. The van der Waals surface area contributed by atoms with Crippen LogP contribution in [0.5, 0.6) is 0 Å². The van der Waals surface area contributed by atoms with Crippen molar-refractivity contribution >= 4 is 5.91 Å². The third-order valence-electron chi connectivity index (χ3n) is 6.69. The van der Waals surface area contributed by atoms with E-state index in [2.05, 4.69) is 38.4 Å². The fourth-order valence-electron chi connectivity index (χ4n) is 4.75. The van der Waals surface area contributed by atoms with Crippen molar-refractivity contribution < 1.29 is 4.79 Å². The molecule has 6 nitrogen and oxygen atoms in total. The normalized spacial score (nSPS) is 20.1. The van der Waals surface area contributed by atoms with Crippen molar-refractivity contribution in [1.82, 2.24) is 24.6 Å². The number of piperidine rings is 2. The summed E-state index contributed by atoms with van der Waals surface area (Å²) in [6.45, 7) is 10.0. The number of amides is 1. The Morgan fingerprint density at radius 2 is 1.86 bits per heavy atom. The minimum atomic E-state index is 0.292. The van der Waals surface area contributed by atoms with Gasteiger partial charge in [0, 0.05) is 56.3 Å². The maximum absolute atomic E-state index is 12.5. The molecular weight excluding hydrogens is 350 g/mol. The van der Waals surface area contributed by atoms with Crippen LogP contribution < -0.4 is 0 Å².